The number of sulfonamides is 1. The van der Waals surface area contributed by atoms with E-state index in [4.69, 9.17) is 5.14 Å². The van der Waals surface area contributed by atoms with E-state index in [2.05, 4.69) is 9.47 Å². The third kappa shape index (κ3) is 3.80. The number of esters is 2. The average Bonchev–Trinajstić information content (AvgIpc) is 2.74. The summed E-state index contributed by atoms with van der Waals surface area (Å²) in [5, 5.41) is 6.15. The van der Waals surface area contributed by atoms with Crippen molar-refractivity contribution in [1.29, 1.82) is 0 Å². The molecule has 0 aliphatic heterocycles. The number of carbonyl (C=O) groups excluding carboxylic acids is 2. The van der Waals surface area contributed by atoms with E-state index in [0.29, 0.717) is 0 Å². The number of rotatable bonds is 4. The van der Waals surface area contributed by atoms with E-state index in [0.717, 1.165) is 24.5 Å². The number of methoxy groups -OCH3 is 1. The predicted octanol–water partition coefficient (Wildman–Crippen LogP) is -0.275. The lowest BCUT2D eigenvalue weighted by molar-refractivity contribution is -0.144. The smallest absolute Gasteiger partial charge is 0.344 e. The number of thiophene rings is 1. The molecule has 0 aromatic carbocycles. The predicted molar refractivity (Wildman–Crippen MR) is 58.0 cm³/mol. The minimum atomic E-state index is -3.83. The van der Waals surface area contributed by atoms with Crippen LogP contribution in [0.4, 0.5) is 0 Å². The van der Waals surface area contributed by atoms with Crippen molar-refractivity contribution >= 4 is 33.3 Å². The quantitative estimate of drug-likeness (QED) is 0.759. The third-order valence-corrected chi connectivity index (χ3v) is 4.03. The van der Waals surface area contributed by atoms with E-state index < -0.39 is 28.6 Å². The SMILES string of the molecule is COC(=O)COC(=O)c1csc(S(N)(=O)=O)c1. The molecule has 0 amide bonds. The minimum Gasteiger partial charge on any atom is -0.466 e. The molecule has 0 spiro atoms. The fraction of sp³-hybridized carbons (Fsp3) is 0.250. The molecule has 0 fully saturated rings. The second-order valence-electron chi connectivity index (χ2n) is 2.85. The number of primary sulfonamides is 1. The first-order valence-electron chi connectivity index (χ1n) is 4.20. The Hall–Kier alpha value is -1.45. The van der Waals surface area contributed by atoms with Gasteiger partial charge in [0, 0.05) is 5.38 Å². The first-order chi connectivity index (χ1) is 7.84. The summed E-state index contributed by atoms with van der Waals surface area (Å²) >= 11 is 0.795. The molecule has 0 saturated heterocycles. The Morgan fingerprint density at radius 3 is 2.59 bits per heavy atom. The number of nitrogens with two attached hydrogens (primary N) is 1. The summed E-state index contributed by atoms with van der Waals surface area (Å²) in [6.45, 7) is -0.532. The molecule has 0 atom stereocenters. The summed E-state index contributed by atoms with van der Waals surface area (Å²) in [6.07, 6.45) is 0. The fourth-order valence-electron chi connectivity index (χ4n) is 0.840. The largest absolute Gasteiger partial charge is 0.466 e. The molecule has 0 radical (unpaired) electrons. The molecule has 1 aromatic rings. The lowest BCUT2D eigenvalue weighted by Crippen LogP contribution is -2.15. The Morgan fingerprint density at radius 2 is 2.12 bits per heavy atom. The zero-order chi connectivity index (χ0) is 13.1. The van der Waals surface area contributed by atoms with Gasteiger partial charge in [-0.05, 0) is 6.07 Å². The van der Waals surface area contributed by atoms with Crippen LogP contribution in [0.15, 0.2) is 15.7 Å². The van der Waals surface area contributed by atoms with Crippen LogP contribution in [0.5, 0.6) is 0 Å². The van der Waals surface area contributed by atoms with Crippen LogP contribution < -0.4 is 5.14 Å². The molecule has 9 heteroatoms. The molecular weight excluding hydrogens is 270 g/mol. The van der Waals surface area contributed by atoms with Crippen molar-refractivity contribution in [3.05, 3.63) is 17.0 Å². The van der Waals surface area contributed by atoms with E-state index in [9.17, 15) is 18.0 Å². The van der Waals surface area contributed by atoms with E-state index >= 15 is 0 Å². The van der Waals surface area contributed by atoms with Gasteiger partial charge in [0.2, 0.25) is 10.0 Å². The topological polar surface area (TPSA) is 113 Å². The van der Waals surface area contributed by atoms with E-state index in [1.165, 1.54) is 5.38 Å². The van der Waals surface area contributed by atoms with Crippen LogP contribution >= 0.6 is 11.3 Å². The molecule has 1 rings (SSSR count). The normalized spacial score (nSPS) is 10.9. The maximum atomic E-state index is 11.3. The van der Waals surface area contributed by atoms with Gasteiger partial charge in [-0.2, -0.15) is 0 Å². The molecule has 1 heterocycles. The van der Waals surface area contributed by atoms with Gasteiger partial charge in [-0.3, -0.25) is 0 Å². The molecule has 0 aliphatic rings. The van der Waals surface area contributed by atoms with Gasteiger partial charge in [0.1, 0.15) is 4.21 Å². The van der Waals surface area contributed by atoms with Gasteiger partial charge in [0.15, 0.2) is 6.61 Å². The van der Waals surface area contributed by atoms with Crippen LogP contribution in [0.3, 0.4) is 0 Å². The Bertz CT molecular complexity index is 532. The molecule has 0 saturated carbocycles. The van der Waals surface area contributed by atoms with Crippen molar-refractivity contribution < 1.29 is 27.5 Å². The van der Waals surface area contributed by atoms with Crippen molar-refractivity contribution in [3.8, 4) is 0 Å². The lowest BCUT2D eigenvalue weighted by atomic mass is 10.3. The van der Waals surface area contributed by atoms with Gasteiger partial charge >= 0.3 is 11.9 Å². The standard InChI is InChI=1S/C8H9NO6S2/c1-14-6(10)3-15-8(11)5-2-7(16-4-5)17(9,12)13/h2,4H,3H2,1H3,(H2,9,12,13). The third-order valence-electron chi connectivity index (χ3n) is 1.64. The number of hydrogen-bond donors (Lipinski definition) is 1. The van der Waals surface area contributed by atoms with Gasteiger partial charge in [0.05, 0.1) is 12.7 Å². The number of hydrogen-bond acceptors (Lipinski definition) is 7. The zero-order valence-electron chi connectivity index (χ0n) is 8.71. The summed E-state index contributed by atoms with van der Waals surface area (Å²) < 4.78 is 30.6. The Labute approximate surface area is 101 Å². The van der Waals surface area contributed by atoms with Crippen molar-refractivity contribution in [1.82, 2.24) is 0 Å². The summed E-state index contributed by atoms with van der Waals surface area (Å²) in [4.78, 5) is 22.0. The zero-order valence-corrected chi connectivity index (χ0v) is 10.3. The van der Waals surface area contributed by atoms with Crippen LogP contribution in [-0.4, -0.2) is 34.1 Å². The molecule has 94 valence electrons. The Kier molecular flexibility index (Phi) is 4.21. The van der Waals surface area contributed by atoms with Crippen LogP contribution in [0, 0.1) is 0 Å². The molecular formula is C8H9NO6S2. The number of carbonyl (C=O) groups is 2. The molecule has 17 heavy (non-hydrogen) atoms. The summed E-state index contributed by atoms with van der Waals surface area (Å²) in [5.74, 6) is -1.53. The maximum absolute atomic E-state index is 11.3. The van der Waals surface area contributed by atoms with Gasteiger partial charge < -0.3 is 9.47 Å². The van der Waals surface area contributed by atoms with E-state index in [-0.39, 0.29) is 9.77 Å². The average molecular weight is 279 g/mol. The molecule has 1 aromatic heterocycles. The van der Waals surface area contributed by atoms with E-state index in [1.54, 1.807) is 0 Å². The Morgan fingerprint density at radius 1 is 1.47 bits per heavy atom. The highest BCUT2D eigenvalue weighted by Gasteiger charge is 2.17. The second-order valence-corrected chi connectivity index (χ2v) is 5.55. The Balaban J connectivity index is 2.71. The molecule has 0 bridgehead atoms. The summed E-state index contributed by atoms with van der Waals surface area (Å²) in [6, 6.07) is 1.08. The van der Waals surface area contributed by atoms with Gasteiger partial charge in [-0.25, -0.2) is 23.1 Å². The molecule has 2 N–H and O–H groups in total. The maximum Gasteiger partial charge on any atom is 0.344 e. The van der Waals surface area contributed by atoms with E-state index in [1.807, 2.05) is 0 Å². The fourth-order valence-corrected chi connectivity index (χ4v) is 2.41. The van der Waals surface area contributed by atoms with Crippen molar-refractivity contribution in [3.63, 3.8) is 0 Å². The van der Waals surface area contributed by atoms with Gasteiger partial charge in [0.25, 0.3) is 0 Å². The van der Waals surface area contributed by atoms with Crippen LogP contribution in [0.25, 0.3) is 0 Å². The highest BCUT2D eigenvalue weighted by Crippen LogP contribution is 2.19. The van der Waals surface area contributed by atoms with Gasteiger partial charge in [-0.15, -0.1) is 11.3 Å². The molecule has 0 aliphatic carbocycles. The second kappa shape index (κ2) is 5.25. The van der Waals surface area contributed by atoms with Crippen molar-refractivity contribution in [2.45, 2.75) is 4.21 Å². The highest BCUT2D eigenvalue weighted by molar-refractivity contribution is 7.91. The first-order valence-corrected chi connectivity index (χ1v) is 6.62. The summed E-state index contributed by atoms with van der Waals surface area (Å²) in [5.41, 5.74) is 0.0166. The van der Waals surface area contributed by atoms with Crippen LogP contribution in [-0.2, 0) is 24.3 Å². The monoisotopic (exact) mass is 279 g/mol. The minimum absolute atomic E-state index is 0.0166. The van der Waals surface area contributed by atoms with Crippen molar-refractivity contribution in [2.24, 2.45) is 5.14 Å². The van der Waals surface area contributed by atoms with Crippen LogP contribution in [0.2, 0.25) is 0 Å². The molecule has 0 unspecified atom stereocenters. The lowest BCUT2D eigenvalue weighted by Gasteiger charge is -2.00. The highest BCUT2D eigenvalue weighted by atomic mass is 32.2. The molecule has 7 nitrogen and oxygen atoms in total. The first kappa shape index (κ1) is 13.6. The summed E-state index contributed by atoms with van der Waals surface area (Å²) in [7, 11) is -2.68. The van der Waals surface area contributed by atoms with Crippen molar-refractivity contribution in [2.75, 3.05) is 13.7 Å². The van der Waals surface area contributed by atoms with Crippen LogP contribution in [0.1, 0.15) is 10.4 Å². The van der Waals surface area contributed by atoms with Gasteiger partial charge in [-0.1, -0.05) is 0 Å². The number of ether oxygens (including phenoxy) is 2.